The van der Waals surface area contributed by atoms with Crippen molar-refractivity contribution in [2.24, 2.45) is 0 Å². The van der Waals surface area contributed by atoms with Gasteiger partial charge in [-0.2, -0.15) is 0 Å². The quantitative estimate of drug-likeness (QED) is 0.793. The second-order valence-corrected chi connectivity index (χ2v) is 4.55. The molecule has 82 valence electrons. The highest BCUT2D eigenvalue weighted by atomic mass is 14.9. The molecule has 0 fully saturated rings. The SMILES string of the molecule is CCC(CC)NC1Cc2ccccc2C1. The van der Waals surface area contributed by atoms with Gasteiger partial charge in [0.1, 0.15) is 0 Å². The molecule has 1 aliphatic carbocycles. The van der Waals surface area contributed by atoms with Crippen LogP contribution in [0.4, 0.5) is 0 Å². The van der Waals surface area contributed by atoms with Crippen molar-refractivity contribution in [3.63, 3.8) is 0 Å². The first-order chi connectivity index (χ1) is 7.33. The van der Waals surface area contributed by atoms with E-state index >= 15 is 0 Å². The molecular formula is C14H21N. The molecule has 1 aliphatic rings. The summed E-state index contributed by atoms with van der Waals surface area (Å²) in [5, 5.41) is 3.76. The number of rotatable bonds is 4. The van der Waals surface area contributed by atoms with Crippen LogP contribution in [-0.2, 0) is 12.8 Å². The Balaban J connectivity index is 1.95. The normalized spacial score (nSPS) is 15.9. The standard InChI is InChI=1S/C14H21N/c1-3-13(4-2)15-14-9-11-7-5-6-8-12(11)10-14/h5-8,13-15H,3-4,9-10H2,1-2H3. The molecule has 0 radical (unpaired) electrons. The van der Waals surface area contributed by atoms with E-state index in [9.17, 15) is 0 Å². The zero-order valence-corrected chi connectivity index (χ0v) is 9.79. The Bertz CT molecular complexity index is 290. The van der Waals surface area contributed by atoms with Crippen LogP contribution in [0, 0.1) is 0 Å². The minimum Gasteiger partial charge on any atom is -0.311 e. The Morgan fingerprint density at radius 1 is 1.13 bits per heavy atom. The van der Waals surface area contributed by atoms with Gasteiger partial charge in [-0.25, -0.2) is 0 Å². The lowest BCUT2D eigenvalue weighted by atomic mass is 10.1. The average Bonchev–Trinajstić information content (AvgIpc) is 2.68. The van der Waals surface area contributed by atoms with Gasteiger partial charge in [0, 0.05) is 12.1 Å². The van der Waals surface area contributed by atoms with E-state index in [1.54, 1.807) is 11.1 Å². The van der Waals surface area contributed by atoms with E-state index in [2.05, 4.69) is 43.4 Å². The van der Waals surface area contributed by atoms with Gasteiger partial charge >= 0.3 is 0 Å². The van der Waals surface area contributed by atoms with Crippen LogP contribution in [0.3, 0.4) is 0 Å². The van der Waals surface area contributed by atoms with E-state index in [0.717, 1.165) is 0 Å². The highest BCUT2D eigenvalue weighted by Gasteiger charge is 2.21. The molecule has 2 rings (SSSR count). The minimum atomic E-state index is 0.673. The van der Waals surface area contributed by atoms with E-state index in [0.29, 0.717) is 12.1 Å². The van der Waals surface area contributed by atoms with Gasteiger partial charge in [-0.05, 0) is 36.8 Å². The highest BCUT2D eigenvalue weighted by molar-refractivity contribution is 5.33. The van der Waals surface area contributed by atoms with Crippen LogP contribution in [0.1, 0.15) is 37.8 Å². The van der Waals surface area contributed by atoms with Crippen LogP contribution >= 0.6 is 0 Å². The first-order valence-electron chi connectivity index (χ1n) is 6.16. The van der Waals surface area contributed by atoms with Crippen molar-refractivity contribution in [2.75, 3.05) is 0 Å². The predicted octanol–water partition coefficient (Wildman–Crippen LogP) is 2.93. The van der Waals surface area contributed by atoms with Crippen molar-refractivity contribution in [1.29, 1.82) is 0 Å². The molecule has 1 N–H and O–H groups in total. The maximum atomic E-state index is 3.76. The fourth-order valence-corrected chi connectivity index (χ4v) is 2.53. The zero-order valence-electron chi connectivity index (χ0n) is 9.79. The number of hydrogen-bond acceptors (Lipinski definition) is 1. The number of fused-ring (bicyclic) bond motifs is 1. The molecule has 0 heterocycles. The molecule has 0 spiro atoms. The zero-order chi connectivity index (χ0) is 10.7. The molecule has 0 bridgehead atoms. The second kappa shape index (κ2) is 4.80. The third-order valence-corrected chi connectivity index (χ3v) is 3.51. The lowest BCUT2D eigenvalue weighted by molar-refractivity contribution is 0.415. The van der Waals surface area contributed by atoms with Crippen LogP contribution in [0.2, 0.25) is 0 Å². The molecule has 0 aliphatic heterocycles. The molecule has 1 nitrogen and oxygen atoms in total. The summed E-state index contributed by atoms with van der Waals surface area (Å²) in [6, 6.07) is 10.2. The van der Waals surface area contributed by atoms with E-state index < -0.39 is 0 Å². The van der Waals surface area contributed by atoms with Crippen molar-refractivity contribution >= 4 is 0 Å². The molecule has 0 saturated heterocycles. The monoisotopic (exact) mass is 203 g/mol. The Kier molecular flexibility index (Phi) is 3.42. The Morgan fingerprint density at radius 3 is 2.13 bits per heavy atom. The Labute approximate surface area is 92.9 Å². The van der Waals surface area contributed by atoms with E-state index in [-0.39, 0.29) is 0 Å². The summed E-state index contributed by atoms with van der Waals surface area (Å²) in [6.45, 7) is 4.53. The molecule has 15 heavy (non-hydrogen) atoms. The molecule has 0 aromatic heterocycles. The van der Waals surface area contributed by atoms with Crippen LogP contribution in [0.5, 0.6) is 0 Å². The van der Waals surface area contributed by atoms with Gasteiger partial charge in [0.2, 0.25) is 0 Å². The third kappa shape index (κ3) is 2.40. The molecule has 1 aromatic carbocycles. The van der Waals surface area contributed by atoms with Gasteiger partial charge in [0.25, 0.3) is 0 Å². The topological polar surface area (TPSA) is 12.0 Å². The number of hydrogen-bond donors (Lipinski definition) is 1. The average molecular weight is 203 g/mol. The lowest BCUT2D eigenvalue weighted by Crippen LogP contribution is -2.38. The summed E-state index contributed by atoms with van der Waals surface area (Å²) in [4.78, 5) is 0. The van der Waals surface area contributed by atoms with E-state index in [1.807, 2.05) is 0 Å². The summed E-state index contributed by atoms with van der Waals surface area (Å²) in [6.07, 6.45) is 4.91. The first-order valence-corrected chi connectivity index (χ1v) is 6.16. The van der Waals surface area contributed by atoms with Crippen molar-refractivity contribution in [3.8, 4) is 0 Å². The first kappa shape index (κ1) is 10.7. The largest absolute Gasteiger partial charge is 0.311 e. The van der Waals surface area contributed by atoms with Gasteiger partial charge in [-0.1, -0.05) is 38.1 Å². The van der Waals surface area contributed by atoms with Crippen LogP contribution in [-0.4, -0.2) is 12.1 Å². The number of nitrogens with one attached hydrogen (secondary N) is 1. The molecule has 0 atom stereocenters. The maximum absolute atomic E-state index is 3.76. The fourth-order valence-electron chi connectivity index (χ4n) is 2.53. The van der Waals surface area contributed by atoms with E-state index in [1.165, 1.54) is 25.7 Å². The predicted molar refractivity (Wildman–Crippen MR) is 65.1 cm³/mol. The Hall–Kier alpha value is -0.820. The van der Waals surface area contributed by atoms with Crippen molar-refractivity contribution in [2.45, 2.75) is 51.6 Å². The number of benzene rings is 1. The molecule has 1 heteroatoms. The van der Waals surface area contributed by atoms with Crippen LogP contribution < -0.4 is 5.32 Å². The molecule has 0 unspecified atom stereocenters. The van der Waals surface area contributed by atoms with Crippen LogP contribution in [0.25, 0.3) is 0 Å². The van der Waals surface area contributed by atoms with Gasteiger partial charge in [-0.3, -0.25) is 0 Å². The molecule has 0 saturated carbocycles. The lowest BCUT2D eigenvalue weighted by Gasteiger charge is -2.20. The Morgan fingerprint density at radius 2 is 1.67 bits per heavy atom. The van der Waals surface area contributed by atoms with Crippen LogP contribution in [0.15, 0.2) is 24.3 Å². The smallest absolute Gasteiger partial charge is 0.0151 e. The second-order valence-electron chi connectivity index (χ2n) is 4.55. The summed E-state index contributed by atoms with van der Waals surface area (Å²) in [5.41, 5.74) is 3.09. The third-order valence-electron chi connectivity index (χ3n) is 3.51. The summed E-state index contributed by atoms with van der Waals surface area (Å²) in [5.74, 6) is 0. The maximum Gasteiger partial charge on any atom is 0.0151 e. The van der Waals surface area contributed by atoms with Crippen molar-refractivity contribution < 1.29 is 0 Å². The van der Waals surface area contributed by atoms with E-state index in [4.69, 9.17) is 0 Å². The molecule has 1 aromatic rings. The van der Waals surface area contributed by atoms with Gasteiger partial charge in [0.05, 0.1) is 0 Å². The molecular weight excluding hydrogens is 182 g/mol. The summed E-state index contributed by atoms with van der Waals surface area (Å²) in [7, 11) is 0. The summed E-state index contributed by atoms with van der Waals surface area (Å²) < 4.78 is 0. The van der Waals surface area contributed by atoms with Gasteiger partial charge < -0.3 is 5.32 Å². The van der Waals surface area contributed by atoms with Crippen molar-refractivity contribution in [1.82, 2.24) is 5.32 Å². The highest BCUT2D eigenvalue weighted by Crippen LogP contribution is 2.22. The van der Waals surface area contributed by atoms with Crippen molar-refractivity contribution in [3.05, 3.63) is 35.4 Å². The minimum absolute atomic E-state index is 0.673. The van der Waals surface area contributed by atoms with Gasteiger partial charge in [-0.15, -0.1) is 0 Å². The van der Waals surface area contributed by atoms with Gasteiger partial charge in [0.15, 0.2) is 0 Å². The fraction of sp³-hybridized carbons (Fsp3) is 0.571. The summed E-state index contributed by atoms with van der Waals surface area (Å²) >= 11 is 0. The molecule has 0 amide bonds.